The van der Waals surface area contributed by atoms with E-state index in [1.807, 2.05) is 0 Å². The van der Waals surface area contributed by atoms with Crippen molar-refractivity contribution >= 4 is 48.7 Å². The average Bonchev–Trinajstić information content (AvgIpc) is 2.74. The molecule has 1 amide bonds. The smallest absolute Gasteiger partial charge is 0.263 e. The molecule has 8 nitrogen and oxygen atoms in total. The van der Waals surface area contributed by atoms with Crippen LogP contribution in [-0.4, -0.2) is 36.1 Å². The van der Waals surface area contributed by atoms with E-state index in [2.05, 4.69) is 10.0 Å². The third-order valence-corrected chi connectivity index (χ3v) is 7.31. The summed E-state index contributed by atoms with van der Waals surface area (Å²) in [7, 11) is -6.20. The number of methoxy groups -OCH3 is 1. The fraction of sp³-hybridized carbons (Fsp3) is 0.0952. The molecule has 3 rings (SSSR count). The molecule has 32 heavy (non-hydrogen) atoms. The molecule has 0 aliphatic carbocycles. The van der Waals surface area contributed by atoms with E-state index >= 15 is 0 Å². The number of sulfonamides is 1. The normalized spacial score (nSPS) is 11.6. The van der Waals surface area contributed by atoms with Crippen molar-refractivity contribution in [3.05, 3.63) is 77.3 Å². The first-order valence-corrected chi connectivity index (χ1v) is 12.8. The maximum Gasteiger partial charge on any atom is 0.263 e. The van der Waals surface area contributed by atoms with Crippen LogP contribution in [0.2, 0.25) is 5.02 Å². The van der Waals surface area contributed by atoms with Crippen LogP contribution in [0.1, 0.15) is 10.4 Å². The molecule has 0 unspecified atom stereocenters. The van der Waals surface area contributed by atoms with Gasteiger partial charge in [0.05, 0.1) is 22.7 Å². The van der Waals surface area contributed by atoms with Gasteiger partial charge >= 0.3 is 0 Å². The van der Waals surface area contributed by atoms with Gasteiger partial charge in [-0.2, -0.15) is 0 Å². The van der Waals surface area contributed by atoms with Crippen molar-refractivity contribution in [2.24, 2.45) is 0 Å². The average molecular weight is 495 g/mol. The largest absolute Gasteiger partial charge is 0.495 e. The summed E-state index contributed by atoms with van der Waals surface area (Å²) in [6, 6.07) is 15.9. The first-order valence-electron chi connectivity index (χ1n) is 9.08. The van der Waals surface area contributed by atoms with Crippen molar-refractivity contribution in [3.63, 3.8) is 0 Å². The zero-order valence-electron chi connectivity index (χ0n) is 17.0. The first kappa shape index (κ1) is 23.6. The lowest BCUT2D eigenvalue weighted by molar-refractivity contribution is 0.102. The number of rotatable bonds is 7. The number of hydrogen-bond donors (Lipinski definition) is 2. The monoisotopic (exact) mass is 494 g/mol. The van der Waals surface area contributed by atoms with Crippen LogP contribution in [0.4, 0.5) is 11.4 Å². The fourth-order valence-electron chi connectivity index (χ4n) is 2.79. The van der Waals surface area contributed by atoms with E-state index in [0.717, 1.165) is 6.26 Å². The molecular weight excluding hydrogens is 476 g/mol. The summed E-state index contributed by atoms with van der Waals surface area (Å²) >= 11 is 6.12. The Hall–Kier alpha value is -3.08. The van der Waals surface area contributed by atoms with E-state index < -0.39 is 25.8 Å². The van der Waals surface area contributed by atoms with E-state index in [-0.39, 0.29) is 31.8 Å². The first-order chi connectivity index (χ1) is 15.0. The Morgan fingerprint density at radius 3 is 2.34 bits per heavy atom. The number of sulfone groups is 1. The predicted octanol–water partition coefficient (Wildman–Crippen LogP) is 3.81. The molecule has 0 heterocycles. The van der Waals surface area contributed by atoms with Gasteiger partial charge in [-0.25, -0.2) is 16.8 Å². The van der Waals surface area contributed by atoms with Crippen LogP contribution in [-0.2, 0) is 19.9 Å². The SMILES string of the molecule is COc1ccccc1NS(=O)(=O)c1cc(NC(=O)c2cccc(S(C)(=O)=O)c2)ccc1Cl. The summed E-state index contributed by atoms with van der Waals surface area (Å²) in [5, 5.41) is 2.50. The van der Waals surface area contributed by atoms with E-state index in [9.17, 15) is 21.6 Å². The van der Waals surface area contributed by atoms with Crippen molar-refractivity contribution in [2.75, 3.05) is 23.4 Å². The lowest BCUT2D eigenvalue weighted by Gasteiger charge is -2.14. The third-order valence-electron chi connectivity index (χ3n) is 4.35. The molecule has 0 saturated carbocycles. The number of ether oxygens (including phenoxy) is 1. The fourth-order valence-corrected chi connectivity index (χ4v) is 5.05. The number of amides is 1. The Bertz CT molecular complexity index is 1390. The molecule has 168 valence electrons. The Balaban J connectivity index is 1.89. The zero-order valence-corrected chi connectivity index (χ0v) is 19.4. The highest BCUT2D eigenvalue weighted by Crippen LogP contribution is 2.30. The number of benzene rings is 3. The molecule has 0 aliphatic heterocycles. The highest BCUT2D eigenvalue weighted by molar-refractivity contribution is 7.92. The lowest BCUT2D eigenvalue weighted by atomic mass is 10.2. The van der Waals surface area contributed by atoms with Gasteiger partial charge in [0.15, 0.2) is 9.84 Å². The Morgan fingerprint density at radius 2 is 1.66 bits per heavy atom. The van der Waals surface area contributed by atoms with Crippen molar-refractivity contribution in [3.8, 4) is 5.75 Å². The number of hydrogen-bond acceptors (Lipinski definition) is 6. The highest BCUT2D eigenvalue weighted by Gasteiger charge is 2.21. The predicted molar refractivity (Wildman–Crippen MR) is 123 cm³/mol. The van der Waals surface area contributed by atoms with Crippen LogP contribution >= 0.6 is 11.6 Å². The molecule has 0 radical (unpaired) electrons. The van der Waals surface area contributed by atoms with Crippen LogP contribution in [0.15, 0.2) is 76.5 Å². The minimum absolute atomic E-state index is 0.00877. The third kappa shape index (κ3) is 5.39. The standard InChI is InChI=1S/C21H19ClN2O6S2/c1-30-19-9-4-3-8-18(19)24-32(28,29)20-13-15(10-11-17(20)22)23-21(25)14-6-5-7-16(12-14)31(2,26)27/h3-13,24H,1-2H3,(H,23,25). The maximum absolute atomic E-state index is 12.9. The van der Waals surface area contributed by atoms with E-state index in [4.69, 9.17) is 16.3 Å². The highest BCUT2D eigenvalue weighted by atomic mass is 35.5. The number of anilines is 2. The number of para-hydroxylation sites is 2. The summed E-state index contributed by atoms with van der Waals surface area (Å²) in [4.78, 5) is 12.3. The molecule has 0 aliphatic rings. The van der Waals surface area contributed by atoms with Crippen molar-refractivity contribution in [1.29, 1.82) is 0 Å². The Morgan fingerprint density at radius 1 is 0.938 bits per heavy atom. The summed E-state index contributed by atoms with van der Waals surface area (Å²) in [6.45, 7) is 0. The number of carbonyl (C=O) groups excluding carboxylic acids is 1. The Labute approximate surface area is 191 Å². The van der Waals surface area contributed by atoms with Crippen LogP contribution in [0.5, 0.6) is 5.75 Å². The van der Waals surface area contributed by atoms with Gasteiger partial charge in [0.2, 0.25) is 0 Å². The number of halogens is 1. The topological polar surface area (TPSA) is 119 Å². The molecular formula is C21H19ClN2O6S2. The lowest BCUT2D eigenvalue weighted by Crippen LogP contribution is -2.16. The second-order valence-electron chi connectivity index (χ2n) is 6.71. The minimum atomic E-state index is -4.12. The molecule has 3 aromatic rings. The van der Waals surface area contributed by atoms with Crippen LogP contribution in [0.25, 0.3) is 0 Å². The minimum Gasteiger partial charge on any atom is -0.495 e. The van der Waals surface area contributed by atoms with Gasteiger partial charge in [-0.15, -0.1) is 0 Å². The van der Waals surface area contributed by atoms with Gasteiger partial charge in [-0.1, -0.05) is 29.8 Å². The number of nitrogens with one attached hydrogen (secondary N) is 2. The second kappa shape index (κ2) is 9.19. The second-order valence-corrected chi connectivity index (χ2v) is 10.8. The van der Waals surface area contributed by atoms with Crippen LogP contribution < -0.4 is 14.8 Å². The zero-order chi connectivity index (χ0) is 23.5. The van der Waals surface area contributed by atoms with Crippen molar-refractivity contribution in [1.82, 2.24) is 0 Å². The summed E-state index contributed by atoms with van der Waals surface area (Å²) in [6.07, 6.45) is 1.04. The summed E-state index contributed by atoms with van der Waals surface area (Å²) in [5.41, 5.74) is 0.474. The quantitative estimate of drug-likeness (QED) is 0.515. The van der Waals surface area contributed by atoms with Gasteiger partial charge in [0.1, 0.15) is 10.6 Å². The van der Waals surface area contributed by atoms with E-state index in [0.29, 0.717) is 5.75 Å². The van der Waals surface area contributed by atoms with E-state index in [1.165, 1.54) is 55.6 Å². The molecule has 3 aromatic carbocycles. The molecule has 2 N–H and O–H groups in total. The van der Waals surface area contributed by atoms with Crippen molar-refractivity contribution < 1.29 is 26.4 Å². The molecule has 11 heteroatoms. The number of carbonyl (C=O) groups is 1. The van der Waals surface area contributed by atoms with Crippen LogP contribution in [0.3, 0.4) is 0 Å². The van der Waals surface area contributed by atoms with Crippen molar-refractivity contribution in [2.45, 2.75) is 9.79 Å². The summed E-state index contributed by atoms with van der Waals surface area (Å²) < 4.78 is 56.9. The molecule has 0 saturated heterocycles. The van der Waals surface area contributed by atoms with E-state index in [1.54, 1.807) is 18.2 Å². The molecule has 0 fully saturated rings. The maximum atomic E-state index is 12.9. The van der Waals surface area contributed by atoms with Gasteiger partial charge in [-0.05, 0) is 48.5 Å². The molecule has 0 bridgehead atoms. The van der Waals surface area contributed by atoms with Gasteiger partial charge in [0, 0.05) is 17.5 Å². The molecule has 0 aromatic heterocycles. The van der Waals surface area contributed by atoms with Gasteiger partial charge in [-0.3, -0.25) is 9.52 Å². The summed E-state index contributed by atoms with van der Waals surface area (Å²) in [5.74, 6) is -0.290. The molecule has 0 atom stereocenters. The van der Waals surface area contributed by atoms with Crippen LogP contribution in [0, 0.1) is 0 Å². The molecule has 0 spiro atoms. The Kier molecular flexibility index (Phi) is 6.77. The van der Waals surface area contributed by atoms with Gasteiger partial charge in [0.25, 0.3) is 15.9 Å². The van der Waals surface area contributed by atoms with Gasteiger partial charge < -0.3 is 10.1 Å².